The molecule has 3 aromatic carbocycles. The summed E-state index contributed by atoms with van der Waals surface area (Å²) in [5.41, 5.74) is 3.37. The van der Waals surface area contributed by atoms with Crippen LogP contribution in [-0.2, 0) is 13.0 Å². The number of piperidine rings is 1. The van der Waals surface area contributed by atoms with E-state index in [1.807, 2.05) is 29.2 Å². The molecule has 0 spiro atoms. The van der Waals surface area contributed by atoms with Gasteiger partial charge in [0, 0.05) is 24.7 Å². The number of nitrogens with zero attached hydrogens (tertiary/aromatic N) is 2. The van der Waals surface area contributed by atoms with Gasteiger partial charge in [0.15, 0.2) is 0 Å². The van der Waals surface area contributed by atoms with E-state index >= 15 is 0 Å². The van der Waals surface area contributed by atoms with Crippen molar-refractivity contribution < 1.29 is 9.53 Å². The van der Waals surface area contributed by atoms with Gasteiger partial charge in [0.2, 0.25) is 0 Å². The first-order chi connectivity index (χ1) is 15.7. The summed E-state index contributed by atoms with van der Waals surface area (Å²) in [5.74, 6) is 1.01. The SMILES string of the molecule is CN1CCCCC1CCOc1ccc2cc(C(=O)N3CCc4ccccc4C3)ccc2c1. The first-order valence-electron chi connectivity index (χ1n) is 11.9. The molecule has 4 nitrogen and oxygen atoms in total. The van der Waals surface area contributed by atoms with Gasteiger partial charge in [-0.05, 0) is 85.4 Å². The normalized spacial score (nSPS) is 19.0. The van der Waals surface area contributed by atoms with Crippen LogP contribution in [0.25, 0.3) is 10.8 Å². The summed E-state index contributed by atoms with van der Waals surface area (Å²) in [5, 5.41) is 2.19. The molecule has 0 aromatic heterocycles. The van der Waals surface area contributed by atoms with E-state index in [0.29, 0.717) is 12.6 Å². The van der Waals surface area contributed by atoms with Gasteiger partial charge in [-0.3, -0.25) is 4.79 Å². The molecular formula is C28H32N2O2. The van der Waals surface area contributed by atoms with Crippen molar-refractivity contribution in [2.45, 2.75) is 44.7 Å². The standard InChI is InChI=1S/C28H32N2O2/c1-29-15-5-4-8-26(29)14-17-32-27-12-11-22-18-24(10-9-23(22)19-27)28(31)30-16-13-21-6-2-3-7-25(21)20-30/h2-3,6-7,9-12,18-19,26H,4-5,8,13-17,20H2,1H3. The third-order valence-electron chi connectivity index (χ3n) is 7.12. The monoisotopic (exact) mass is 428 g/mol. The van der Waals surface area contributed by atoms with Gasteiger partial charge in [0.1, 0.15) is 5.75 Å². The van der Waals surface area contributed by atoms with Crippen molar-refractivity contribution in [3.63, 3.8) is 0 Å². The molecule has 5 rings (SSSR count). The molecule has 0 bridgehead atoms. The van der Waals surface area contributed by atoms with Crippen molar-refractivity contribution in [2.75, 3.05) is 26.7 Å². The van der Waals surface area contributed by atoms with Gasteiger partial charge in [-0.1, -0.05) is 42.8 Å². The van der Waals surface area contributed by atoms with Crippen LogP contribution in [0, 0.1) is 0 Å². The lowest BCUT2D eigenvalue weighted by molar-refractivity contribution is 0.0735. The second-order valence-electron chi connectivity index (χ2n) is 9.24. The number of amides is 1. The maximum Gasteiger partial charge on any atom is 0.254 e. The molecule has 166 valence electrons. The molecule has 32 heavy (non-hydrogen) atoms. The number of rotatable bonds is 5. The molecule has 2 heterocycles. The van der Waals surface area contributed by atoms with Gasteiger partial charge in [-0.2, -0.15) is 0 Å². The Labute approximate surface area is 190 Å². The van der Waals surface area contributed by atoms with Crippen LogP contribution >= 0.6 is 0 Å². The molecule has 2 aliphatic rings. The van der Waals surface area contributed by atoms with E-state index in [0.717, 1.165) is 48.1 Å². The summed E-state index contributed by atoms with van der Waals surface area (Å²) < 4.78 is 6.07. The predicted molar refractivity (Wildman–Crippen MR) is 129 cm³/mol. The Hall–Kier alpha value is -2.85. The van der Waals surface area contributed by atoms with E-state index in [9.17, 15) is 4.79 Å². The fourth-order valence-corrected chi connectivity index (χ4v) is 5.12. The van der Waals surface area contributed by atoms with E-state index in [1.54, 1.807) is 0 Å². The van der Waals surface area contributed by atoms with Crippen molar-refractivity contribution in [1.82, 2.24) is 9.80 Å². The Kier molecular flexibility index (Phi) is 6.13. The van der Waals surface area contributed by atoms with Crippen LogP contribution in [0.15, 0.2) is 60.7 Å². The van der Waals surface area contributed by atoms with Crippen molar-refractivity contribution in [1.29, 1.82) is 0 Å². The van der Waals surface area contributed by atoms with Crippen LogP contribution in [0.4, 0.5) is 0 Å². The molecule has 1 unspecified atom stereocenters. The number of hydrogen-bond acceptors (Lipinski definition) is 3. The zero-order chi connectivity index (χ0) is 21.9. The van der Waals surface area contributed by atoms with Crippen LogP contribution in [-0.4, -0.2) is 48.5 Å². The minimum atomic E-state index is 0.110. The number of fused-ring (bicyclic) bond motifs is 2. The first kappa shape index (κ1) is 21.0. The number of benzene rings is 3. The highest BCUT2D eigenvalue weighted by Crippen LogP contribution is 2.25. The van der Waals surface area contributed by atoms with Crippen LogP contribution in [0.5, 0.6) is 5.75 Å². The lowest BCUT2D eigenvalue weighted by Crippen LogP contribution is -2.37. The number of ether oxygens (including phenoxy) is 1. The third kappa shape index (κ3) is 4.51. The van der Waals surface area contributed by atoms with Gasteiger partial charge >= 0.3 is 0 Å². The van der Waals surface area contributed by atoms with Gasteiger partial charge in [-0.25, -0.2) is 0 Å². The number of carbonyl (C=O) groups excluding carboxylic acids is 1. The van der Waals surface area contributed by atoms with Crippen molar-refractivity contribution in [2.24, 2.45) is 0 Å². The Morgan fingerprint density at radius 2 is 1.78 bits per heavy atom. The topological polar surface area (TPSA) is 32.8 Å². The second-order valence-corrected chi connectivity index (χ2v) is 9.24. The van der Waals surface area contributed by atoms with Crippen LogP contribution in [0.2, 0.25) is 0 Å². The predicted octanol–water partition coefficient (Wildman–Crippen LogP) is 5.29. The lowest BCUT2D eigenvalue weighted by atomic mass is 9.99. The zero-order valence-electron chi connectivity index (χ0n) is 18.9. The maximum atomic E-state index is 13.1. The Morgan fingerprint density at radius 3 is 2.66 bits per heavy atom. The van der Waals surface area contributed by atoms with Crippen LogP contribution in [0.1, 0.15) is 47.2 Å². The van der Waals surface area contributed by atoms with Crippen molar-refractivity contribution in [3.8, 4) is 5.75 Å². The Balaban J connectivity index is 1.23. The Morgan fingerprint density at radius 1 is 0.969 bits per heavy atom. The number of carbonyl (C=O) groups is 1. The third-order valence-corrected chi connectivity index (χ3v) is 7.12. The average molecular weight is 429 g/mol. The van der Waals surface area contributed by atoms with E-state index in [2.05, 4.69) is 48.3 Å². The smallest absolute Gasteiger partial charge is 0.254 e. The van der Waals surface area contributed by atoms with Gasteiger partial charge in [0.05, 0.1) is 6.61 Å². The zero-order valence-corrected chi connectivity index (χ0v) is 18.9. The fourth-order valence-electron chi connectivity index (χ4n) is 5.12. The highest BCUT2D eigenvalue weighted by Gasteiger charge is 2.22. The largest absolute Gasteiger partial charge is 0.494 e. The van der Waals surface area contributed by atoms with Crippen LogP contribution < -0.4 is 4.74 Å². The van der Waals surface area contributed by atoms with Crippen molar-refractivity contribution >= 4 is 16.7 Å². The van der Waals surface area contributed by atoms with Crippen LogP contribution in [0.3, 0.4) is 0 Å². The molecule has 0 saturated carbocycles. The molecule has 0 radical (unpaired) electrons. The molecular weight excluding hydrogens is 396 g/mol. The van der Waals surface area contributed by atoms with Gasteiger partial charge in [-0.15, -0.1) is 0 Å². The minimum Gasteiger partial charge on any atom is -0.494 e. The summed E-state index contributed by atoms with van der Waals surface area (Å²) >= 11 is 0. The maximum absolute atomic E-state index is 13.1. The molecule has 0 N–H and O–H groups in total. The summed E-state index contributed by atoms with van der Waals surface area (Å²) in [6.45, 7) is 3.41. The lowest BCUT2D eigenvalue weighted by Gasteiger charge is -2.32. The molecule has 1 atom stereocenters. The Bertz CT molecular complexity index is 1110. The highest BCUT2D eigenvalue weighted by molar-refractivity contribution is 5.99. The van der Waals surface area contributed by atoms with E-state index in [-0.39, 0.29) is 5.91 Å². The average Bonchev–Trinajstić information content (AvgIpc) is 2.84. The molecule has 0 aliphatic carbocycles. The molecule has 4 heteroatoms. The first-order valence-corrected chi connectivity index (χ1v) is 11.9. The molecule has 2 aliphatic heterocycles. The quantitative estimate of drug-likeness (QED) is 0.553. The van der Waals surface area contributed by atoms with Crippen molar-refractivity contribution in [3.05, 3.63) is 77.4 Å². The summed E-state index contributed by atoms with van der Waals surface area (Å²) in [4.78, 5) is 17.6. The van der Waals surface area contributed by atoms with Gasteiger partial charge < -0.3 is 14.5 Å². The van der Waals surface area contributed by atoms with E-state index < -0.39 is 0 Å². The van der Waals surface area contributed by atoms with Gasteiger partial charge in [0.25, 0.3) is 5.91 Å². The molecule has 1 fully saturated rings. The summed E-state index contributed by atoms with van der Waals surface area (Å²) in [6, 6.07) is 21.3. The highest BCUT2D eigenvalue weighted by atomic mass is 16.5. The number of likely N-dealkylation sites (tertiary alicyclic amines) is 1. The minimum absolute atomic E-state index is 0.110. The summed E-state index contributed by atoms with van der Waals surface area (Å²) in [6.07, 6.45) is 5.91. The molecule has 1 amide bonds. The van der Waals surface area contributed by atoms with E-state index in [4.69, 9.17) is 4.74 Å². The van der Waals surface area contributed by atoms with E-state index in [1.165, 1.54) is 36.9 Å². The number of hydrogen-bond donors (Lipinski definition) is 0. The molecule has 1 saturated heterocycles. The second kappa shape index (κ2) is 9.33. The fraction of sp³-hybridized carbons (Fsp3) is 0.393. The molecule has 3 aromatic rings. The summed E-state index contributed by atoms with van der Waals surface area (Å²) in [7, 11) is 2.22.